The minimum Gasteiger partial charge on any atom is -0.321 e. The lowest BCUT2D eigenvalue weighted by Crippen LogP contribution is -2.46. The summed E-state index contributed by atoms with van der Waals surface area (Å²) < 4.78 is 0. The van der Waals surface area contributed by atoms with Gasteiger partial charge in [0.15, 0.2) is 0 Å². The highest BCUT2D eigenvalue weighted by Gasteiger charge is 2.38. The molecule has 1 nitrogen and oxygen atoms in total. The summed E-state index contributed by atoms with van der Waals surface area (Å²) >= 11 is 0. The first-order valence-electron chi connectivity index (χ1n) is 7.53. The molecule has 0 aliphatic heterocycles. The fourth-order valence-electron chi connectivity index (χ4n) is 3.82. The van der Waals surface area contributed by atoms with Crippen molar-refractivity contribution in [1.29, 1.82) is 0 Å². The SMILES string of the molecule is CCC1CCCCC1(N)c1cccc2ccccc12. The van der Waals surface area contributed by atoms with E-state index in [0.717, 1.165) is 6.42 Å². The Balaban J connectivity index is 2.16. The number of hydrogen-bond acceptors (Lipinski definition) is 1. The van der Waals surface area contributed by atoms with E-state index >= 15 is 0 Å². The second-order valence-electron chi connectivity index (χ2n) is 5.92. The second-order valence-corrected chi connectivity index (χ2v) is 5.92. The van der Waals surface area contributed by atoms with Crippen molar-refractivity contribution in [1.82, 2.24) is 0 Å². The third kappa shape index (κ3) is 2.06. The molecule has 1 aliphatic carbocycles. The Morgan fingerprint density at radius 2 is 1.89 bits per heavy atom. The molecule has 0 bridgehead atoms. The van der Waals surface area contributed by atoms with Gasteiger partial charge in [-0.25, -0.2) is 0 Å². The number of rotatable bonds is 2. The van der Waals surface area contributed by atoms with Crippen molar-refractivity contribution in [2.24, 2.45) is 11.7 Å². The van der Waals surface area contributed by atoms with Gasteiger partial charge in [0.25, 0.3) is 0 Å². The Hall–Kier alpha value is -1.34. The van der Waals surface area contributed by atoms with Crippen molar-refractivity contribution in [3.8, 4) is 0 Å². The molecule has 0 heterocycles. The predicted molar refractivity (Wildman–Crippen MR) is 82.1 cm³/mol. The maximum absolute atomic E-state index is 6.90. The van der Waals surface area contributed by atoms with E-state index < -0.39 is 0 Å². The Morgan fingerprint density at radius 1 is 1.11 bits per heavy atom. The van der Waals surface area contributed by atoms with Gasteiger partial charge in [0, 0.05) is 5.54 Å². The van der Waals surface area contributed by atoms with Crippen molar-refractivity contribution < 1.29 is 0 Å². The van der Waals surface area contributed by atoms with Gasteiger partial charge in [0.2, 0.25) is 0 Å². The molecule has 2 N–H and O–H groups in total. The van der Waals surface area contributed by atoms with E-state index in [1.807, 2.05) is 0 Å². The van der Waals surface area contributed by atoms with Gasteiger partial charge in [0.1, 0.15) is 0 Å². The van der Waals surface area contributed by atoms with Crippen LogP contribution in [0, 0.1) is 5.92 Å². The summed E-state index contributed by atoms with van der Waals surface area (Å²) in [7, 11) is 0. The van der Waals surface area contributed by atoms with Crippen LogP contribution in [-0.2, 0) is 5.54 Å². The number of nitrogens with two attached hydrogens (primary N) is 1. The van der Waals surface area contributed by atoms with Crippen molar-refractivity contribution in [3.05, 3.63) is 48.0 Å². The summed E-state index contributed by atoms with van der Waals surface area (Å²) in [5.74, 6) is 0.618. The van der Waals surface area contributed by atoms with Crippen LogP contribution >= 0.6 is 0 Å². The molecule has 0 aromatic heterocycles. The van der Waals surface area contributed by atoms with Crippen LogP contribution in [0.3, 0.4) is 0 Å². The summed E-state index contributed by atoms with van der Waals surface area (Å²) in [6, 6.07) is 15.2. The first kappa shape index (κ1) is 12.7. The van der Waals surface area contributed by atoms with Gasteiger partial charge < -0.3 is 5.73 Å². The molecular formula is C18H23N. The van der Waals surface area contributed by atoms with Gasteiger partial charge in [-0.1, -0.05) is 68.7 Å². The lowest BCUT2D eigenvalue weighted by Gasteiger charge is -2.42. The Morgan fingerprint density at radius 3 is 2.74 bits per heavy atom. The third-order valence-corrected chi connectivity index (χ3v) is 4.91. The lowest BCUT2D eigenvalue weighted by atomic mass is 9.67. The molecule has 3 rings (SSSR count). The van der Waals surface area contributed by atoms with E-state index in [0.29, 0.717) is 5.92 Å². The maximum Gasteiger partial charge on any atom is 0.0444 e. The largest absolute Gasteiger partial charge is 0.321 e. The zero-order valence-corrected chi connectivity index (χ0v) is 11.7. The molecule has 0 spiro atoms. The smallest absolute Gasteiger partial charge is 0.0444 e. The summed E-state index contributed by atoms with van der Waals surface area (Å²) in [6.07, 6.45) is 6.17. The Kier molecular flexibility index (Phi) is 3.32. The fraction of sp³-hybridized carbons (Fsp3) is 0.444. The molecule has 0 amide bonds. The average Bonchev–Trinajstić information content (AvgIpc) is 2.47. The van der Waals surface area contributed by atoms with Gasteiger partial charge in [-0.05, 0) is 35.1 Å². The van der Waals surface area contributed by atoms with E-state index in [-0.39, 0.29) is 5.54 Å². The first-order valence-corrected chi connectivity index (χ1v) is 7.53. The molecule has 0 saturated heterocycles. The highest BCUT2D eigenvalue weighted by atomic mass is 14.8. The molecule has 1 fully saturated rings. The Bertz CT molecular complexity index is 569. The van der Waals surface area contributed by atoms with Crippen LogP contribution < -0.4 is 5.73 Å². The van der Waals surface area contributed by atoms with Crippen LogP contribution in [0.2, 0.25) is 0 Å². The Labute approximate surface area is 115 Å². The zero-order valence-electron chi connectivity index (χ0n) is 11.7. The lowest BCUT2D eigenvalue weighted by molar-refractivity contribution is 0.186. The van der Waals surface area contributed by atoms with Crippen molar-refractivity contribution in [3.63, 3.8) is 0 Å². The fourth-order valence-corrected chi connectivity index (χ4v) is 3.82. The molecular weight excluding hydrogens is 230 g/mol. The third-order valence-electron chi connectivity index (χ3n) is 4.91. The average molecular weight is 253 g/mol. The van der Waals surface area contributed by atoms with Gasteiger partial charge >= 0.3 is 0 Å². The van der Waals surface area contributed by atoms with Crippen LogP contribution in [0.4, 0.5) is 0 Å². The van der Waals surface area contributed by atoms with Crippen molar-refractivity contribution in [2.75, 3.05) is 0 Å². The summed E-state index contributed by atoms with van der Waals surface area (Å²) in [5, 5.41) is 2.65. The molecule has 19 heavy (non-hydrogen) atoms. The van der Waals surface area contributed by atoms with Crippen molar-refractivity contribution in [2.45, 2.75) is 44.6 Å². The zero-order chi connectivity index (χ0) is 13.3. The van der Waals surface area contributed by atoms with E-state index in [1.54, 1.807) is 0 Å². The quantitative estimate of drug-likeness (QED) is 0.832. The molecule has 2 unspecified atom stereocenters. The van der Waals surface area contributed by atoms with Gasteiger partial charge in [-0.2, -0.15) is 0 Å². The monoisotopic (exact) mass is 253 g/mol. The molecule has 2 aromatic rings. The topological polar surface area (TPSA) is 26.0 Å². The van der Waals surface area contributed by atoms with E-state index in [9.17, 15) is 0 Å². The van der Waals surface area contributed by atoms with Gasteiger partial charge in [-0.15, -0.1) is 0 Å². The minimum atomic E-state index is -0.131. The molecule has 1 saturated carbocycles. The van der Waals surface area contributed by atoms with Crippen LogP contribution in [0.25, 0.3) is 10.8 Å². The second kappa shape index (κ2) is 4.97. The summed E-state index contributed by atoms with van der Waals surface area (Å²) in [4.78, 5) is 0. The normalized spacial score (nSPS) is 27.6. The summed E-state index contributed by atoms with van der Waals surface area (Å²) in [5.41, 5.74) is 8.13. The molecule has 2 aromatic carbocycles. The molecule has 1 heteroatoms. The highest BCUT2D eigenvalue weighted by molar-refractivity contribution is 5.86. The summed E-state index contributed by atoms with van der Waals surface area (Å²) in [6.45, 7) is 2.28. The van der Waals surface area contributed by atoms with E-state index in [4.69, 9.17) is 5.73 Å². The van der Waals surface area contributed by atoms with Crippen LogP contribution in [0.5, 0.6) is 0 Å². The van der Waals surface area contributed by atoms with Crippen LogP contribution in [0.15, 0.2) is 42.5 Å². The highest BCUT2D eigenvalue weighted by Crippen LogP contribution is 2.43. The van der Waals surface area contributed by atoms with E-state index in [1.165, 1.54) is 42.0 Å². The number of hydrogen-bond donors (Lipinski definition) is 1. The molecule has 0 radical (unpaired) electrons. The van der Waals surface area contributed by atoms with Crippen LogP contribution in [-0.4, -0.2) is 0 Å². The molecule has 100 valence electrons. The number of fused-ring (bicyclic) bond motifs is 1. The first-order chi connectivity index (χ1) is 9.25. The molecule has 2 atom stereocenters. The maximum atomic E-state index is 6.90. The minimum absolute atomic E-state index is 0.131. The molecule has 1 aliphatic rings. The van der Waals surface area contributed by atoms with Crippen LogP contribution in [0.1, 0.15) is 44.6 Å². The number of benzene rings is 2. The standard InChI is InChI=1S/C18H23N/c1-2-15-10-5-6-13-18(15,19)17-12-7-9-14-8-3-4-11-16(14)17/h3-4,7-9,11-12,15H,2,5-6,10,13,19H2,1H3. The van der Waals surface area contributed by atoms with E-state index in [2.05, 4.69) is 49.4 Å². The predicted octanol–water partition coefficient (Wildman–Crippen LogP) is 4.59. The van der Waals surface area contributed by atoms with Gasteiger partial charge in [0.05, 0.1) is 0 Å². The van der Waals surface area contributed by atoms with Crippen molar-refractivity contribution >= 4 is 10.8 Å². The van der Waals surface area contributed by atoms with Gasteiger partial charge in [-0.3, -0.25) is 0 Å².